The van der Waals surface area contributed by atoms with Crippen molar-refractivity contribution in [1.29, 1.82) is 0 Å². The number of nitrogens with zero attached hydrogens (tertiary/aromatic N) is 3. The number of aryl methyl sites for hydroxylation is 1. The highest BCUT2D eigenvalue weighted by molar-refractivity contribution is 5.10. The Balaban J connectivity index is 1.91. The number of aromatic nitrogens is 3. The van der Waals surface area contributed by atoms with E-state index < -0.39 is 0 Å². The summed E-state index contributed by atoms with van der Waals surface area (Å²) in [6.45, 7) is 2.95. The molecule has 1 atom stereocenters. The van der Waals surface area contributed by atoms with Gasteiger partial charge in [-0.15, -0.1) is 0 Å². The zero-order valence-corrected chi connectivity index (χ0v) is 9.59. The molecule has 0 aliphatic carbocycles. The zero-order chi connectivity index (χ0) is 11.4. The van der Waals surface area contributed by atoms with E-state index in [9.17, 15) is 0 Å². The van der Waals surface area contributed by atoms with Crippen LogP contribution in [0.2, 0.25) is 0 Å². The summed E-state index contributed by atoms with van der Waals surface area (Å²) in [4.78, 5) is 3.99. The molecule has 4 nitrogen and oxygen atoms in total. The van der Waals surface area contributed by atoms with Crippen molar-refractivity contribution in [2.45, 2.75) is 19.5 Å². The van der Waals surface area contributed by atoms with Crippen molar-refractivity contribution in [2.24, 2.45) is 7.05 Å². The van der Waals surface area contributed by atoms with Crippen LogP contribution in [0.3, 0.4) is 0 Å². The topological polar surface area (TPSA) is 42.7 Å². The molecule has 1 N–H and O–H groups in total. The normalized spacial score (nSPS) is 12.6. The van der Waals surface area contributed by atoms with Gasteiger partial charge in [0, 0.05) is 38.2 Å². The van der Waals surface area contributed by atoms with E-state index in [2.05, 4.69) is 22.3 Å². The molecule has 16 heavy (non-hydrogen) atoms. The molecule has 2 aromatic heterocycles. The van der Waals surface area contributed by atoms with Gasteiger partial charge in [0.05, 0.1) is 5.69 Å². The van der Waals surface area contributed by atoms with Crippen molar-refractivity contribution in [2.75, 3.05) is 0 Å². The third-order valence-electron chi connectivity index (χ3n) is 2.54. The maximum atomic E-state index is 4.36. The van der Waals surface area contributed by atoms with Crippen LogP contribution in [0.25, 0.3) is 0 Å². The Bertz CT molecular complexity index is 435. The third-order valence-corrected chi connectivity index (χ3v) is 2.54. The lowest BCUT2D eigenvalue weighted by Crippen LogP contribution is -2.18. The average Bonchev–Trinajstić information content (AvgIpc) is 2.74. The molecule has 84 valence electrons. The fourth-order valence-electron chi connectivity index (χ4n) is 1.54. The number of pyridine rings is 1. The average molecular weight is 216 g/mol. The summed E-state index contributed by atoms with van der Waals surface area (Å²) < 4.78 is 1.82. The summed E-state index contributed by atoms with van der Waals surface area (Å²) in [6, 6.07) is 6.31. The number of nitrogens with one attached hydrogen (secondary N) is 1. The predicted molar refractivity (Wildman–Crippen MR) is 62.7 cm³/mol. The van der Waals surface area contributed by atoms with Gasteiger partial charge in [0.1, 0.15) is 0 Å². The smallest absolute Gasteiger partial charge is 0.0791 e. The maximum Gasteiger partial charge on any atom is 0.0791 e. The van der Waals surface area contributed by atoms with E-state index in [1.807, 2.05) is 48.5 Å². The molecule has 2 rings (SSSR count). The van der Waals surface area contributed by atoms with Crippen LogP contribution in [0.15, 0.2) is 36.8 Å². The van der Waals surface area contributed by atoms with Gasteiger partial charge in [-0.2, -0.15) is 5.10 Å². The van der Waals surface area contributed by atoms with Crippen LogP contribution >= 0.6 is 0 Å². The second-order valence-corrected chi connectivity index (χ2v) is 3.87. The Hall–Kier alpha value is -1.68. The molecule has 0 bridgehead atoms. The molecular formula is C12H16N4. The molecule has 0 aliphatic heterocycles. The standard InChI is InChI=1S/C12H16N4/c1-10(12-5-8-16(2)15-12)14-9-11-3-6-13-7-4-11/h3-8,10,14H,9H2,1-2H3. The number of hydrogen-bond donors (Lipinski definition) is 1. The molecule has 0 spiro atoms. The van der Waals surface area contributed by atoms with Crippen molar-refractivity contribution in [3.8, 4) is 0 Å². The lowest BCUT2D eigenvalue weighted by atomic mass is 10.2. The van der Waals surface area contributed by atoms with Crippen LogP contribution in [-0.4, -0.2) is 14.8 Å². The summed E-state index contributed by atoms with van der Waals surface area (Å²) >= 11 is 0. The van der Waals surface area contributed by atoms with Gasteiger partial charge < -0.3 is 5.32 Å². The molecule has 0 aromatic carbocycles. The highest BCUT2D eigenvalue weighted by atomic mass is 15.3. The molecule has 4 heteroatoms. The molecule has 0 fully saturated rings. The molecule has 0 radical (unpaired) electrons. The minimum Gasteiger partial charge on any atom is -0.305 e. The van der Waals surface area contributed by atoms with Gasteiger partial charge in [0.15, 0.2) is 0 Å². The van der Waals surface area contributed by atoms with E-state index in [1.54, 1.807) is 0 Å². The first-order chi connectivity index (χ1) is 7.75. The van der Waals surface area contributed by atoms with Gasteiger partial charge in [-0.05, 0) is 30.7 Å². The van der Waals surface area contributed by atoms with E-state index in [0.717, 1.165) is 12.2 Å². The summed E-state index contributed by atoms with van der Waals surface area (Å²) in [7, 11) is 1.93. The second kappa shape index (κ2) is 4.90. The van der Waals surface area contributed by atoms with Crippen molar-refractivity contribution in [1.82, 2.24) is 20.1 Å². The zero-order valence-electron chi connectivity index (χ0n) is 9.59. The van der Waals surface area contributed by atoms with E-state index >= 15 is 0 Å². The fraction of sp³-hybridized carbons (Fsp3) is 0.333. The first-order valence-corrected chi connectivity index (χ1v) is 5.37. The molecule has 2 aromatic rings. The Morgan fingerprint density at radius 3 is 2.69 bits per heavy atom. The van der Waals surface area contributed by atoms with Crippen molar-refractivity contribution < 1.29 is 0 Å². The Kier molecular flexibility index (Phi) is 3.31. The van der Waals surface area contributed by atoms with Gasteiger partial charge >= 0.3 is 0 Å². The minimum absolute atomic E-state index is 0.259. The molecular weight excluding hydrogens is 200 g/mol. The maximum absolute atomic E-state index is 4.36. The van der Waals surface area contributed by atoms with Crippen LogP contribution in [0.4, 0.5) is 0 Å². The van der Waals surface area contributed by atoms with E-state index in [0.29, 0.717) is 0 Å². The molecule has 0 saturated heterocycles. The van der Waals surface area contributed by atoms with Crippen LogP contribution in [0.1, 0.15) is 24.2 Å². The van der Waals surface area contributed by atoms with Gasteiger partial charge in [-0.1, -0.05) is 0 Å². The summed E-state index contributed by atoms with van der Waals surface area (Å²) in [6.07, 6.45) is 5.57. The van der Waals surface area contributed by atoms with Gasteiger partial charge in [0.25, 0.3) is 0 Å². The van der Waals surface area contributed by atoms with Crippen molar-refractivity contribution in [3.63, 3.8) is 0 Å². The lowest BCUT2D eigenvalue weighted by Gasteiger charge is -2.11. The van der Waals surface area contributed by atoms with Crippen LogP contribution < -0.4 is 5.32 Å². The van der Waals surface area contributed by atoms with Gasteiger partial charge in [-0.3, -0.25) is 9.67 Å². The fourth-order valence-corrected chi connectivity index (χ4v) is 1.54. The Labute approximate surface area is 95.3 Å². The number of hydrogen-bond acceptors (Lipinski definition) is 3. The first kappa shape index (κ1) is 10.8. The Morgan fingerprint density at radius 2 is 2.06 bits per heavy atom. The molecule has 0 aliphatic rings. The van der Waals surface area contributed by atoms with Gasteiger partial charge in [-0.25, -0.2) is 0 Å². The quantitative estimate of drug-likeness (QED) is 0.845. The van der Waals surface area contributed by atoms with Crippen molar-refractivity contribution in [3.05, 3.63) is 48.0 Å². The molecule has 2 heterocycles. The SMILES string of the molecule is CC(NCc1ccncc1)c1ccn(C)n1. The molecule has 1 unspecified atom stereocenters. The summed E-state index contributed by atoms with van der Waals surface area (Å²) in [5.41, 5.74) is 2.30. The van der Waals surface area contributed by atoms with Crippen molar-refractivity contribution >= 4 is 0 Å². The molecule has 0 amide bonds. The highest BCUT2D eigenvalue weighted by Gasteiger charge is 2.07. The van der Waals surface area contributed by atoms with E-state index in [-0.39, 0.29) is 6.04 Å². The first-order valence-electron chi connectivity index (χ1n) is 5.37. The third kappa shape index (κ3) is 2.67. The highest BCUT2D eigenvalue weighted by Crippen LogP contribution is 2.09. The van der Waals surface area contributed by atoms with E-state index in [1.165, 1.54) is 5.56 Å². The Morgan fingerprint density at radius 1 is 1.31 bits per heavy atom. The van der Waals surface area contributed by atoms with E-state index in [4.69, 9.17) is 0 Å². The summed E-state index contributed by atoms with van der Waals surface area (Å²) in [5.74, 6) is 0. The predicted octanol–water partition coefficient (Wildman–Crippen LogP) is 1.67. The molecule has 0 saturated carbocycles. The lowest BCUT2D eigenvalue weighted by molar-refractivity contribution is 0.551. The largest absolute Gasteiger partial charge is 0.305 e. The van der Waals surface area contributed by atoms with Crippen LogP contribution in [-0.2, 0) is 13.6 Å². The number of rotatable bonds is 4. The van der Waals surface area contributed by atoms with Crippen LogP contribution in [0, 0.1) is 0 Å². The van der Waals surface area contributed by atoms with Crippen LogP contribution in [0.5, 0.6) is 0 Å². The second-order valence-electron chi connectivity index (χ2n) is 3.87. The van der Waals surface area contributed by atoms with Gasteiger partial charge in [0.2, 0.25) is 0 Å². The monoisotopic (exact) mass is 216 g/mol. The summed E-state index contributed by atoms with van der Waals surface area (Å²) in [5, 5.41) is 7.79. The minimum atomic E-state index is 0.259.